The Kier molecular flexibility index (Phi) is 8.35. The van der Waals surface area contributed by atoms with Gasteiger partial charge in [-0.2, -0.15) is 0 Å². The predicted molar refractivity (Wildman–Crippen MR) is 130 cm³/mol. The molecule has 6 heteroatoms. The molecule has 0 heterocycles. The zero-order valence-corrected chi connectivity index (χ0v) is 20.9. The molecule has 2 amide bonds. The van der Waals surface area contributed by atoms with Gasteiger partial charge >= 0.3 is 0 Å². The molecule has 0 aromatic heterocycles. The molecular weight excluding hydrogens is 424 g/mol. The van der Waals surface area contributed by atoms with Crippen LogP contribution >= 0.6 is 11.6 Å². The van der Waals surface area contributed by atoms with E-state index in [9.17, 15) is 9.59 Å². The molecule has 0 fully saturated rings. The second kappa shape index (κ2) is 10.4. The minimum absolute atomic E-state index is 0.125. The number of hydrogen-bond acceptors (Lipinski definition) is 3. The molecule has 1 N–H and O–H groups in total. The lowest BCUT2D eigenvalue weighted by molar-refractivity contribution is -0.142. The molecule has 0 unspecified atom stereocenters. The number of hydrogen-bond donors (Lipinski definition) is 1. The molecule has 0 radical (unpaired) electrons. The van der Waals surface area contributed by atoms with Crippen molar-refractivity contribution in [1.29, 1.82) is 0 Å². The van der Waals surface area contributed by atoms with Gasteiger partial charge in [-0.3, -0.25) is 9.59 Å². The van der Waals surface area contributed by atoms with Crippen molar-refractivity contribution in [1.82, 2.24) is 10.2 Å². The molecule has 0 spiro atoms. The summed E-state index contributed by atoms with van der Waals surface area (Å²) in [6.07, 6.45) is 0. The van der Waals surface area contributed by atoms with Gasteiger partial charge in [-0.25, -0.2) is 0 Å². The summed E-state index contributed by atoms with van der Waals surface area (Å²) in [6, 6.07) is 14.3. The molecular formula is C26H35ClN2O3. The number of para-hydroxylation sites is 1. The molecule has 32 heavy (non-hydrogen) atoms. The zero-order valence-electron chi connectivity index (χ0n) is 20.2. The van der Waals surface area contributed by atoms with Crippen LogP contribution < -0.4 is 10.1 Å². The SMILES string of the molecule is C[C@@H](C(=O)NC(C)(C)C)N(Cc1cccc(Cl)c1)C(=O)COc1ccccc1C(C)(C)C. The third-order valence-electron chi connectivity index (χ3n) is 4.95. The van der Waals surface area contributed by atoms with E-state index >= 15 is 0 Å². The average Bonchev–Trinajstić information content (AvgIpc) is 2.68. The van der Waals surface area contributed by atoms with E-state index < -0.39 is 11.6 Å². The monoisotopic (exact) mass is 458 g/mol. The lowest BCUT2D eigenvalue weighted by Gasteiger charge is -2.31. The van der Waals surface area contributed by atoms with Crippen molar-refractivity contribution >= 4 is 23.4 Å². The number of rotatable bonds is 7. The number of carbonyl (C=O) groups is 2. The van der Waals surface area contributed by atoms with E-state index in [0.29, 0.717) is 10.8 Å². The molecule has 0 saturated heterocycles. The van der Waals surface area contributed by atoms with E-state index in [2.05, 4.69) is 26.1 Å². The van der Waals surface area contributed by atoms with Gasteiger partial charge in [-0.15, -0.1) is 0 Å². The van der Waals surface area contributed by atoms with Crippen molar-refractivity contribution in [3.05, 3.63) is 64.7 Å². The summed E-state index contributed by atoms with van der Waals surface area (Å²) in [7, 11) is 0. The Hall–Kier alpha value is -2.53. The van der Waals surface area contributed by atoms with Crippen molar-refractivity contribution in [2.45, 2.75) is 72.0 Å². The quantitative estimate of drug-likeness (QED) is 0.608. The molecule has 0 aliphatic heterocycles. The maximum absolute atomic E-state index is 13.3. The highest BCUT2D eigenvalue weighted by Gasteiger charge is 2.29. The number of amides is 2. The van der Waals surface area contributed by atoms with Gasteiger partial charge in [0.1, 0.15) is 11.8 Å². The third kappa shape index (κ3) is 7.56. The maximum Gasteiger partial charge on any atom is 0.261 e. The van der Waals surface area contributed by atoms with Gasteiger partial charge in [0.25, 0.3) is 5.91 Å². The summed E-state index contributed by atoms with van der Waals surface area (Å²) in [5.41, 5.74) is 1.34. The maximum atomic E-state index is 13.3. The number of halogens is 1. The van der Waals surface area contributed by atoms with Crippen LogP contribution in [0.1, 0.15) is 59.6 Å². The summed E-state index contributed by atoms with van der Waals surface area (Å²) in [5, 5.41) is 3.54. The zero-order chi connectivity index (χ0) is 24.1. The van der Waals surface area contributed by atoms with Crippen LogP contribution in [0, 0.1) is 0 Å². The molecule has 174 valence electrons. The Bertz CT molecular complexity index is 945. The van der Waals surface area contributed by atoms with Crippen molar-refractivity contribution in [2.75, 3.05) is 6.61 Å². The topological polar surface area (TPSA) is 58.6 Å². The molecule has 2 rings (SSSR count). The van der Waals surface area contributed by atoms with Crippen molar-refractivity contribution in [3.63, 3.8) is 0 Å². The number of carbonyl (C=O) groups excluding carboxylic acids is 2. The Morgan fingerprint density at radius 1 is 1.03 bits per heavy atom. The minimum atomic E-state index is -0.679. The lowest BCUT2D eigenvalue weighted by Crippen LogP contribution is -2.53. The van der Waals surface area contributed by atoms with Gasteiger partial charge in [-0.1, -0.05) is 62.7 Å². The second-order valence-electron chi connectivity index (χ2n) is 10.1. The Labute approximate surface area is 197 Å². The van der Waals surface area contributed by atoms with Gasteiger partial charge < -0.3 is 15.0 Å². The fourth-order valence-corrected chi connectivity index (χ4v) is 3.54. The first-order chi connectivity index (χ1) is 14.8. The van der Waals surface area contributed by atoms with Gasteiger partial charge in [0.15, 0.2) is 6.61 Å². The van der Waals surface area contributed by atoms with Crippen LogP contribution in [-0.2, 0) is 21.5 Å². The summed E-state index contributed by atoms with van der Waals surface area (Å²) >= 11 is 6.13. The largest absolute Gasteiger partial charge is 0.483 e. The predicted octanol–water partition coefficient (Wildman–Crippen LogP) is 5.35. The molecule has 1 atom stereocenters. The lowest BCUT2D eigenvalue weighted by atomic mass is 9.86. The Morgan fingerprint density at radius 2 is 1.69 bits per heavy atom. The average molecular weight is 459 g/mol. The molecule has 0 bridgehead atoms. The van der Waals surface area contributed by atoms with Crippen LogP contribution in [0.25, 0.3) is 0 Å². The van der Waals surface area contributed by atoms with E-state index in [4.69, 9.17) is 16.3 Å². The molecule has 5 nitrogen and oxygen atoms in total. The first kappa shape index (κ1) is 25.7. The molecule has 2 aromatic rings. The molecule has 0 saturated carbocycles. The van der Waals surface area contributed by atoms with Crippen molar-refractivity contribution in [3.8, 4) is 5.75 Å². The van der Waals surface area contributed by atoms with E-state index in [1.165, 1.54) is 4.90 Å². The highest BCUT2D eigenvalue weighted by molar-refractivity contribution is 6.30. The summed E-state index contributed by atoms with van der Waals surface area (Å²) in [4.78, 5) is 27.7. The van der Waals surface area contributed by atoms with Gasteiger partial charge in [0, 0.05) is 17.1 Å². The Balaban J connectivity index is 2.25. The van der Waals surface area contributed by atoms with Crippen LogP contribution in [0.4, 0.5) is 0 Å². The first-order valence-corrected chi connectivity index (χ1v) is 11.2. The number of benzene rings is 2. The summed E-state index contributed by atoms with van der Waals surface area (Å²) < 4.78 is 5.95. The van der Waals surface area contributed by atoms with Crippen LogP contribution in [0.2, 0.25) is 5.02 Å². The standard InChI is InChI=1S/C26H35ClN2O3/c1-18(24(31)28-26(5,6)7)29(16-19-11-10-12-20(27)15-19)23(30)17-32-22-14-9-8-13-21(22)25(2,3)4/h8-15,18H,16-17H2,1-7H3,(H,28,31)/t18-/m0/s1. The van der Waals surface area contributed by atoms with E-state index in [1.807, 2.05) is 57.2 Å². The highest BCUT2D eigenvalue weighted by Crippen LogP contribution is 2.31. The van der Waals surface area contributed by atoms with Crippen LogP contribution in [0.5, 0.6) is 5.75 Å². The van der Waals surface area contributed by atoms with Crippen LogP contribution in [0.15, 0.2) is 48.5 Å². The minimum Gasteiger partial charge on any atom is -0.483 e. The number of nitrogens with one attached hydrogen (secondary N) is 1. The van der Waals surface area contributed by atoms with E-state index in [1.54, 1.807) is 19.1 Å². The fraction of sp³-hybridized carbons (Fsp3) is 0.462. The smallest absolute Gasteiger partial charge is 0.261 e. The van der Waals surface area contributed by atoms with Gasteiger partial charge in [-0.05, 0) is 62.4 Å². The third-order valence-corrected chi connectivity index (χ3v) is 5.19. The molecule has 2 aromatic carbocycles. The first-order valence-electron chi connectivity index (χ1n) is 10.9. The van der Waals surface area contributed by atoms with Gasteiger partial charge in [0.2, 0.25) is 5.91 Å². The highest BCUT2D eigenvalue weighted by atomic mass is 35.5. The van der Waals surface area contributed by atoms with Crippen LogP contribution in [-0.4, -0.2) is 34.9 Å². The normalized spacial score (nSPS) is 12.8. The van der Waals surface area contributed by atoms with Crippen LogP contribution in [0.3, 0.4) is 0 Å². The number of nitrogens with zero attached hydrogens (tertiary/aromatic N) is 1. The summed E-state index contributed by atoms with van der Waals surface area (Å²) in [6.45, 7) is 13.8. The summed E-state index contributed by atoms with van der Waals surface area (Å²) in [5.74, 6) is 0.177. The van der Waals surface area contributed by atoms with Gasteiger partial charge in [0.05, 0.1) is 0 Å². The molecule has 0 aliphatic carbocycles. The van der Waals surface area contributed by atoms with E-state index in [0.717, 1.165) is 11.1 Å². The Morgan fingerprint density at radius 3 is 2.28 bits per heavy atom. The van der Waals surface area contributed by atoms with E-state index in [-0.39, 0.29) is 30.4 Å². The van der Waals surface area contributed by atoms with Crippen molar-refractivity contribution in [2.24, 2.45) is 0 Å². The second-order valence-corrected chi connectivity index (χ2v) is 10.5. The number of ether oxygens (including phenoxy) is 1. The fourth-order valence-electron chi connectivity index (χ4n) is 3.32. The van der Waals surface area contributed by atoms with Crippen molar-refractivity contribution < 1.29 is 14.3 Å². The molecule has 0 aliphatic rings.